The highest BCUT2D eigenvalue weighted by Crippen LogP contribution is 2.34. The maximum absolute atomic E-state index is 12.2. The zero-order valence-electron chi connectivity index (χ0n) is 13.4. The first-order valence-corrected chi connectivity index (χ1v) is 7.76. The van der Waals surface area contributed by atoms with Crippen LogP contribution in [0, 0.1) is 0 Å². The molecular formula is C18H14F3NO4. The van der Waals surface area contributed by atoms with Crippen LogP contribution in [0.1, 0.15) is 24.4 Å². The summed E-state index contributed by atoms with van der Waals surface area (Å²) in [5.74, 6) is -0.730. The van der Waals surface area contributed by atoms with Crippen molar-refractivity contribution in [3.05, 3.63) is 54.1 Å². The minimum atomic E-state index is -4.74. The van der Waals surface area contributed by atoms with E-state index >= 15 is 0 Å². The van der Waals surface area contributed by atoms with Gasteiger partial charge in [0.15, 0.2) is 0 Å². The number of ether oxygens (including phenoxy) is 1. The van der Waals surface area contributed by atoms with Gasteiger partial charge in [-0.05, 0) is 35.2 Å². The summed E-state index contributed by atoms with van der Waals surface area (Å²) in [6, 6.07) is 11.8. The van der Waals surface area contributed by atoms with Crippen molar-refractivity contribution < 1.29 is 32.6 Å². The number of rotatable bonds is 3. The smallest absolute Gasteiger partial charge is 0.465 e. The lowest BCUT2D eigenvalue weighted by Crippen LogP contribution is -2.32. The summed E-state index contributed by atoms with van der Waals surface area (Å²) in [4.78, 5) is 23.7. The van der Waals surface area contributed by atoms with Crippen LogP contribution in [0.4, 0.5) is 18.0 Å². The molecule has 1 fully saturated rings. The molecule has 1 aliphatic heterocycles. The van der Waals surface area contributed by atoms with Crippen LogP contribution >= 0.6 is 0 Å². The Morgan fingerprint density at radius 2 is 1.58 bits per heavy atom. The van der Waals surface area contributed by atoms with Crippen LogP contribution in [0.2, 0.25) is 0 Å². The summed E-state index contributed by atoms with van der Waals surface area (Å²) in [5, 5.41) is 9.17. The molecule has 0 saturated carbocycles. The number of benzene rings is 2. The summed E-state index contributed by atoms with van der Waals surface area (Å²) in [7, 11) is 0. The van der Waals surface area contributed by atoms with Crippen LogP contribution in [0.3, 0.4) is 0 Å². The van der Waals surface area contributed by atoms with Gasteiger partial charge in [0.25, 0.3) is 0 Å². The molecule has 2 aromatic carbocycles. The third kappa shape index (κ3) is 3.79. The number of alkyl halides is 3. The van der Waals surface area contributed by atoms with Crippen molar-refractivity contribution in [1.82, 2.24) is 4.90 Å². The molecule has 136 valence electrons. The Morgan fingerprint density at radius 1 is 1.04 bits per heavy atom. The normalized spacial score (nSPS) is 17.4. The van der Waals surface area contributed by atoms with Crippen molar-refractivity contribution in [2.75, 3.05) is 0 Å². The quantitative estimate of drug-likeness (QED) is 0.864. The molecule has 1 saturated heterocycles. The Bertz CT molecular complexity index is 816. The van der Waals surface area contributed by atoms with Crippen molar-refractivity contribution >= 4 is 12.0 Å². The summed E-state index contributed by atoms with van der Waals surface area (Å²) in [6.07, 6.45) is -5.41. The van der Waals surface area contributed by atoms with Gasteiger partial charge >= 0.3 is 12.5 Å². The molecule has 0 spiro atoms. The molecule has 5 nitrogen and oxygen atoms in total. The summed E-state index contributed by atoms with van der Waals surface area (Å²) in [6.45, 7) is 0. The Kier molecular flexibility index (Phi) is 4.58. The predicted molar refractivity (Wildman–Crippen MR) is 85.4 cm³/mol. The van der Waals surface area contributed by atoms with Crippen LogP contribution in [-0.2, 0) is 4.79 Å². The second-order valence-corrected chi connectivity index (χ2v) is 5.79. The molecule has 3 rings (SSSR count). The molecule has 1 N–H and O–H groups in total. The van der Waals surface area contributed by atoms with Gasteiger partial charge in [0, 0.05) is 6.42 Å². The zero-order chi connectivity index (χ0) is 18.9. The summed E-state index contributed by atoms with van der Waals surface area (Å²) >= 11 is 0. The Balaban J connectivity index is 1.77. The second-order valence-electron chi connectivity index (χ2n) is 5.79. The highest BCUT2D eigenvalue weighted by atomic mass is 19.4. The zero-order valence-corrected chi connectivity index (χ0v) is 13.4. The van der Waals surface area contributed by atoms with Crippen LogP contribution in [-0.4, -0.2) is 28.4 Å². The molecule has 2 aromatic rings. The maximum Gasteiger partial charge on any atom is 0.573 e. The Morgan fingerprint density at radius 3 is 2.08 bits per heavy atom. The first-order valence-electron chi connectivity index (χ1n) is 7.76. The summed E-state index contributed by atoms with van der Waals surface area (Å²) < 4.78 is 40.4. The minimum Gasteiger partial charge on any atom is -0.465 e. The van der Waals surface area contributed by atoms with E-state index in [-0.39, 0.29) is 12.2 Å². The first kappa shape index (κ1) is 17.8. The van der Waals surface area contributed by atoms with Gasteiger partial charge in [0.05, 0.1) is 6.04 Å². The van der Waals surface area contributed by atoms with E-state index in [0.717, 1.165) is 10.5 Å². The van der Waals surface area contributed by atoms with Crippen molar-refractivity contribution in [2.24, 2.45) is 0 Å². The molecule has 8 heteroatoms. The number of likely N-dealkylation sites (tertiary alicyclic amines) is 1. The van der Waals surface area contributed by atoms with E-state index in [4.69, 9.17) is 5.11 Å². The van der Waals surface area contributed by atoms with E-state index in [1.807, 2.05) is 0 Å². The number of nitrogens with zero attached hydrogens (tertiary/aromatic N) is 1. The van der Waals surface area contributed by atoms with Gasteiger partial charge in [-0.2, -0.15) is 0 Å². The topological polar surface area (TPSA) is 66.8 Å². The molecule has 1 aliphatic rings. The van der Waals surface area contributed by atoms with Gasteiger partial charge in [-0.1, -0.05) is 36.4 Å². The Hall–Kier alpha value is -3.03. The van der Waals surface area contributed by atoms with E-state index in [1.54, 1.807) is 24.3 Å². The van der Waals surface area contributed by atoms with Crippen LogP contribution in [0.25, 0.3) is 11.1 Å². The third-order valence-electron chi connectivity index (χ3n) is 4.13. The molecule has 1 heterocycles. The average Bonchev–Trinajstić information content (AvgIpc) is 2.96. The number of imide groups is 1. The lowest BCUT2D eigenvalue weighted by atomic mass is 9.99. The molecule has 0 aromatic heterocycles. The fraction of sp³-hybridized carbons (Fsp3) is 0.222. The molecule has 0 radical (unpaired) electrons. The predicted octanol–water partition coefficient (Wildman–Crippen LogP) is 4.59. The van der Waals surface area contributed by atoms with Gasteiger partial charge in [-0.3, -0.25) is 4.79 Å². The first-order chi connectivity index (χ1) is 12.2. The number of carbonyl (C=O) groups excluding carboxylic acids is 1. The monoisotopic (exact) mass is 365 g/mol. The standard InChI is InChI=1S/C18H14F3NO4/c19-18(20,21)26-14-7-5-12(6-8-14)11-1-3-13(4-2-11)15-9-10-16(23)22(15)17(24)25/h1-8,15H,9-10H2,(H,24,25)/t15-/m1/s1. The number of carboxylic acid groups (broad SMARTS) is 1. The lowest BCUT2D eigenvalue weighted by molar-refractivity contribution is -0.274. The number of amides is 2. The largest absolute Gasteiger partial charge is 0.573 e. The van der Waals surface area contributed by atoms with E-state index in [0.29, 0.717) is 17.5 Å². The van der Waals surface area contributed by atoms with E-state index in [2.05, 4.69) is 4.74 Å². The number of hydrogen-bond acceptors (Lipinski definition) is 3. The highest BCUT2D eigenvalue weighted by molar-refractivity contribution is 5.93. The maximum atomic E-state index is 12.2. The molecular weight excluding hydrogens is 351 g/mol. The van der Waals surface area contributed by atoms with Crippen molar-refractivity contribution in [1.29, 1.82) is 0 Å². The number of halogens is 3. The van der Waals surface area contributed by atoms with E-state index in [9.17, 15) is 22.8 Å². The van der Waals surface area contributed by atoms with Gasteiger partial charge in [0.2, 0.25) is 5.91 Å². The van der Waals surface area contributed by atoms with Crippen LogP contribution in [0.15, 0.2) is 48.5 Å². The van der Waals surface area contributed by atoms with Crippen LogP contribution in [0.5, 0.6) is 5.75 Å². The van der Waals surface area contributed by atoms with Gasteiger partial charge < -0.3 is 9.84 Å². The highest BCUT2D eigenvalue weighted by Gasteiger charge is 2.36. The van der Waals surface area contributed by atoms with E-state index in [1.165, 1.54) is 24.3 Å². The lowest BCUT2D eigenvalue weighted by Gasteiger charge is -2.20. The van der Waals surface area contributed by atoms with Crippen molar-refractivity contribution in [2.45, 2.75) is 25.2 Å². The second kappa shape index (κ2) is 6.70. The minimum absolute atomic E-state index is 0.180. The van der Waals surface area contributed by atoms with Crippen LogP contribution < -0.4 is 4.74 Å². The Labute approximate surface area is 146 Å². The van der Waals surface area contributed by atoms with Gasteiger partial charge in [-0.15, -0.1) is 13.2 Å². The van der Waals surface area contributed by atoms with Crippen molar-refractivity contribution in [3.63, 3.8) is 0 Å². The molecule has 1 atom stereocenters. The molecule has 0 aliphatic carbocycles. The van der Waals surface area contributed by atoms with E-state index < -0.39 is 24.4 Å². The summed E-state index contributed by atoms with van der Waals surface area (Å²) in [5.41, 5.74) is 2.13. The molecule has 0 unspecified atom stereocenters. The molecule has 26 heavy (non-hydrogen) atoms. The number of carbonyl (C=O) groups is 2. The fourth-order valence-corrected chi connectivity index (χ4v) is 2.99. The molecule has 0 bridgehead atoms. The molecule has 2 amide bonds. The SMILES string of the molecule is O=C(O)N1C(=O)CC[C@@H]1c1ccc(-c2ccc(OC(F)(F)F)cc2)cc1. The van der Waals surface area contributed by atoms with Gasteiger partial charge in [0.1, 0.15) is 5.75 Å². The average molecular weight is 365 g/mol. The fourth-order valence-electron chi connectivity index (χ4n) is 2.99. The third-order valence-corrected chi connectivity index (χ3v) is 4.13. The van der Waals surface area contributed by atoms with Crippen molar-refractivity contribution in [3.8, 4) is 16.9 Å². The van der Waals surface area contributed by atoms with Gasteiger partial charge in [-0.25, -0.2) is 9.69 Å². The number of hydrogen-bond donors (Lipinski definition) is 1.